The second kappa shape index (κ2) is 9.58. The minimum Gasteiger partial charge on any atom is -0.466 e. The maximum atomic E-state index is 12.5. The molecule has 0 radical (unpaired) electrons. The number of anilines is 1. The van der Waals surface area contributed by atoms with Crippen LogP contribution in [0.2, 0.25) is 0 Å². The zero-order valence-electron chi connectivity index (χ0n) is 13.4. The molecule has 0 fully saturated rings. The molecule has 0 bridgehead atoms. The van der Waals surface area contributed by atoms with Gasteiger partial charge in [0.2, 0.25) is 5.91 Å². The van der Waals surface area contributed by atoms with Crippen molar-refractivity contribution in [3.63, 3.8) is 0 Å². The van der Waals surface area contributed by atoms with Crippen molar-refractivity contribution >= 4 is 23.5 Å². The molecule has 126 valence electrons. The van der Waals surface area contributed by atoms with Crippen molar-refractivity contribution in [1.29, 1.82) is 0 Å². The zero-order chi connectivity index (χ0) is 17.2. The van der Waals surface area contributed by atoms with Crippen molar-refractivity contribution in [2.75, 3.05) is 31.6 Å². The van der Waals surface area contributed by atoms with E-state index in [2.05, 4.69) is 5.32 Å². The fraction of sp³-hybridized carbons (Fsp3) is 0.438. The average Bonchev–Trinajstić information content (AvgIpc) is 2.50. The number of aliphatic hydroxyl groups excluding tert-OH is 1. The van der Waals surface area contributed by atoms with Gasteiger partial charge >= 0.3 is 5.97 Å². The number of esters is 1. The van der Waals surface area contributed by atoms with E-state index in [0.717, 1.165) is 0 Å². The summed E-state index contributed by atoms with van der Waals surface area (Å²) in [5.74, 6) is -0.949. The number of ether oxygens (including phenoxy) is 1. The number of nitrogens with one attached hydrogen (secondary N) is 1. The van der Waals surface area contributed by atoms with Gasteiger partial charge in [-0.2, -0.15) is 0 Å². The Labute approximate surface area is 135 Å². The third-order valence-corrected chi connectivity index (χ3v) is 2.98. The maximum absolute atomic E-state index is 12.5. The van der Waals surface area contributed by atoms with Crippen LogP contribution in [-0.2, 0) is 14.3 Å². The molecule has 2 N–H and O–H groups in total. The lowest BCUT2D eigenvalue weighted by atomic mass is 10.1. The third-order valence-electron chi connectivity index (χ3n) is 2.98. The summed E-state index contributed by atoms with van der Waals surface area (Å²) in [7, 11) is 0. The number of rotatable bonds is 8. The van der Waals surface area contributed by atoms with E-state index in [4.69, 9.17) is 9.84 Å². The SMILES string of the molecule is CCOC(=O)CCN(CCO)C(=O)c1cccc(NC(C)=O)c1. The Kier molecular flexibility index (Phi) is 7.76. The molecule has 0 unspecified atom stereocenters. The highest BCUT2D eigenvalue weighted by Crippen LogP contribution is 2.13. The van der Waals surface area contributed by atoms with Crippen LogP contribution in [0, 0.1) is 0 Å². The number of nitrogens with zero attached hydrogens (tertiary/aromatic N) is 1. The number of benzene rings is 1. The Morgan fingerprint density at radius 3 is 2.61 bits per heavy atom. The molecule has 0 saturated heterocycles. The van der Waals surface area contributed by atoms with E-state index in [0.29, 0.717) is 11.3 Å². The van der Waals surface area contributed by atoms with Gasteiger partial charge in [-0.25, -0.2) is 0 Å². The molecule has 0 aliphatic rings. The Balaban J connectivity index is 2.80. The molecule has 0 heterocycles. The summed E-state index contributed by atoms with van der Waals surface area (Å²) in [4.78, 5) is 36.4. The highest BCUT2D eigenvalue weighted by atomic mass is 16.5. The lowest BCUT2D eigenvalue weighted by Gasteiger charge is -2.21. The van der Waals surface area contributed by atoms with E-state index in [9.17, 15) is 14.4 Å². The number of aliphatic hydroxyl groups is 1. The van der Waals surface area contributed by atoms with Gasteiger partial charge in [0.15, 0.2) is 0 Å². The van der Waals surface area contributed by atoms with E-state index in [-0.39, 0.29) is 44.5 Å². The molecule has 1 aromatic rings. The first kappa shape index (κ1) is 18.6. The Hall–Kier alpha value is -2.41. The molecule has 0 aromatic heterocycles. The summed E-state index contributed by atoms with van der Waals surface area (Å²) in [5.41, 5.74) is 0.881. The molecule has 23 heavy (non-hydrogen) atoms. The van der Waals surface area contributed by atoms with Crippen LogP contribution in [0.25, 0.3) is 0 Å². The van der Waals surface area contributed by atoms with Crippen LogP contribution in [0.5, 0.6) is 0 Å². The predicted molar refractivity (Wildman–Crippen MR) is 85.0 cm³/mol. The van der Waals surface area contributed by atoms with Gasteiger partial charge in [0.05, 0.1) is 19.6 Å². The standard InChI is InChI=1S/C16H22N2O5/c1-3-23-15(21)7-8-18(9-10-19)16(22)13-5-4-6-14(11-13)17-12(2)20/h4-6,11,19H,3,7-10H2,1-2H3,(H,17,20). The number of amides is 2. The molecule has 2 amide bonds. The summed E-state index contributed by atoms with van der Waals surface area (Å²) in [6.45, 7) is 3.44. The van der Waals surface area contributed by atoms with E-state index in [1.165, 1.54) is 11.8 Å². The quantitative estimate of drug-likeness (QED) is 0.697. The largest absolute Gasteiger partial charge is 0.466 e. The van der Waals surface area contributed by atoms with Crippen LogP contribution in [0.1, 0.15) is 30.6 Å². The molecule has 1 rings (SSSR count). The Morgan fingerprint density at radius 2 is 2.00 bits per heavy atom. The maximum Gasteiger partial charge on any atom is 0.307 e. The zero-order valence-corrected chi connectivity index (χ0v) is 13.4. The first-order valence-electron chi connectivity index (χ1n) is 7.41. The van der Waals surface area contributed by atoms with Crippen molar-refractivity contribution in [3.8, 4) is 0 Å². The second-order valence-corrected chi connectivity index (χ2v) is 4.83. The minimum atomic E-state index is -0.393. The summed E-state index contributed by atoms with van der Waals surface area (Å²) < 4.78 is 4.83. The van der Waals surface area contributed by atoms with Crippen LogP contribution < -0.4 is 5.32 Å². The summed E-state index contributed by atoms with van der Waals surface area (Å²) in [6.07, 6.45) is 0.0605. The van der Waals surface area contributed by atoms with Gasteiger partial charge in [-0.15, -0.1) is 0 Å². The molecule has 0 aliphatic carbocycles. The second-order valence-electron chi connectivity index (χ2n) is 4.83. The van der Waals surface area contributed by atoms with Crippen molar-refractivity contribution in [3.05, 3.63) is 29.8 Å². The number of carbonyl (C=O) groups is 3. The summed E-state index contributed by atoms with van der Waals surface area (Å²) in [5, 5.41) is 11.7. The fourth-order valence-corrected chi connectivity index (χ4v) is 2.01. The normalized spacial score (nSPS) is 10.0. The molecule has 0 saturated carbocycles. The number of carbonyl (C=O) groups excluding carboxylic acids is 3. The monoisotopic (exact) mass is 322 g/mol. The molecule has 7 nitrogen and oxygen atoms in total. The van der Waals surface area contributed by atoms with Gasteiger partial charge in [-0.05, 0) is 25.1 Å². The van der Waals surface area contributed by atoms with Gasteiger partial charge in [-0.1, -0.05) is 6.07 Å². The van der Waals surface area contributed by atoms with E-state index in [1.807, 2.05) is 0 Å². The van der Waals surface area contributed by atoms with Crippen LogP contribution in [-0.4, -0.2) is 54.1 Å². The van der Waals surface area contributed by atoms with Crippen molar-refractivity contribution < 1.29 is 24.2 Å². The topological polar surface area (TPSA) is 95.9 Å². The highest BCUT2D eigenvalue weighted by Gasteiger charge is 2.17. The first-order valence-corrected chi connectivity index (χ1v) is 7.41. The van der Waals surface area contributed by atoms with Crippen LogP contribution in [0.15, 0.2) is 24.3 Å². The minimum absolute atomic E-state index is 0.0605. The van der Waals surface area contributed by atoms with Crippen molar-refractivity contribution in [1.82, 2.24) is 4.90 Å². The molecule has 7 heteroatoms. The highest BCUT2D eigenvalue weighted by molar-refractivity contribution is 5.97. The van der Waals surface area contributed by atoms with Crippen molar-refractivity contribution in [2.45, 2.75) is 20.3 Å². The number of hydrogen-bond acceptors (Lipinski definition) is 5. The van der Waals surface area contributed by atoms with Crippen LogP contribution in [0.4, 0.5) is 5.69 Å². The molecule has 0 spiro atoms. The molecular formula is C16H22N2O5. The smallest absolute Gasteiger partial charge is 0.307 e. The van der Waals surface area contributed by atoms with E-state index < -0.39 is 5.97 Å². The van der Waals surface area contributed by atoms with Crippen molar-refractivity contribution in [2.24, 2.45) is 0 Å². The third kappa shape index (κ3) is 6.48. The lowest BCUT2D eigenvalue weighted by Crippen LogP contribution is -2.35. The Morgan fingerprint density at radius 1 is 1.26 bits per heavy atom. The predicted octanol–water partition coefficient (Wildman–Crippen LogP) is 1.03. The first-order chi connectivity index (χ1) is 11.0. The fourth-order valence-electron chi connectivity index (χ4n) is 2.01. The number of hydrogen-bond donors (Lipinski definition) is 2. The van der Waals surface area contributed by atoms with E-state index in [1.54, 1.807) is 31.2 Å². The summed E-state index contributed by atoms with van der Waals surface area (Å²) in [6, 6.07) is 6.50. The lowest BCUT2D eigenvalue weighted by molar-refractivity contribution is -0.143. The summed E-state index contributed by atoms with van der Waals surface area (Å²) >= 11 is 0. The van der Waals surface area contributed by atoms with Gasteiger partial charge in [0, 0.05) is 31.3 Å². The van der Waals surface area contributed by atoms with Crippen LogP contribution in [0.3, 0.4) is 0 Å². The molecule has 1 aromatic carbocycles. The Bertz CT molecular complexity index is 559. The van der Waals surface area contributed by atoms with Gasteiger partial charge < -0.3 is 20.1 Å². The van der Waals surface area contributed by atoms with Gasteiger partial charge in [-0.3, -0.25) is 14.4 Å². The van der Waals surface area contributed by atoms with Crippen LogP contribution >= 0.6 is 0 Å². The average molecular weight is 322 g/mol. The molecular weight excluding hydrogens is 300 g/mol. The molecule has 0 aliphatic heterocycles. The molecule has 0 atom stereocenters. The van der Waals surface area contributed by atoms with Gasteiger partial charge in [0.1, 0.15) is 0 Å². The van der Waals surface area contributed by atoms with Gasteiger partial charge in [0.25, 0.3) is 5.91 Å². The van der Waals surface area contributed by atoms with E-state index >= 15 is 0 Å².